The number of fused-ring (bicyclic) bond motifs is 1. The van der Waals surface area contributed by atoms with Gasteiger partial charge in [-0.15, -0.1) is 0 Å². The van der Waals surface area contributed by atoms with Crippen LogP contribution >= 0.6 is 0 Å². The van der Waals surface area contributed by atoms with Gasteiger partial charge in [0.25, 0.3) is 15.9 Å². The zero-order chi connectivity index (χ0) is 24.0. The number of benzene rings is 3. The second kappa shape index (κ2) is 11.0. The van der Waals surface area contributed by atoms with Gasteiger partial charge in [0, 0.05) is 30.9 Å². The van der Waals surface area contributed by atoms with E-state index < -0.39 is 10.0 Å². The molecule has 0 spiro atoms. The van der Waals surface area contributed by atoms with Crippen molar-refractivity contribution in [3.8, 4) is 0 Å². The number of rotatable bonds is 8. The highest BCUT2D eigenvalue weighted by Gasteiger charge is 2.21. The molecular weight excluding hydrogens is 446 g/mol. The van der Waals surface area contributed by atoms with E-state index >= 15 is 0 Å². The lowest BCUT2D eigenvalue weighted by atomic mass is 10.1. The van der Waals surface area contributed by atoms with Gasteiger partial charge in [-0.25, -0.2) is 8.42 Å². The van der Waals surface area contributed by atoms with E-state index in [0.717, 1.165) is 43.4 Å². The molecule has 7 heteroatoms. The predicted octanol–water partition coefficient (Wildman–Crippen LogP) is 4.98. The Morgan fingerprint density at radius 2 is 1.71 bits per heavy atom. The molecule has 4 rings (SSSR count). The molecule has 0 aromatic heterocycles. The normalized spacial score (nSPS) is 15.3. The second-order valence-electron chi connectivity index (χ2n) is 8.89. The smallest absolute Gasteiger partial charge is 0.261 e. The van der Waals surface area contributed by atoms with E-state index in [1.807, 2.05) is 29.2 Å². The van der Waals surface area contributed by atoms with Crippen LogP contribution in [0.15, 0.2) is 71.6 Å². The Morgan fingerprint density at radius 3 is 2.53 bits per heavy atom. The third-order valence-corrected chi connectivity index (χ3v) is 7.73. The van der Waals surface area contributed by atoms with E-state index in [2.05, 4.69) is 16.5 Å². The molecule has 34 heavy (non-hydrogen) atoms. The van der Waals surface area contributed by atoms with E-state index in [1.54, 1.807) is 42.5 Å². The third kappa shape index (κ3) is 5.96. The van der Waals surface area contributed by atoms with E-state index in [-0.39, 0.29) is 10.8 Å². The van der Waals surface area contributed by atoms with Gasteiger partial charge >= 0.3 is 0 Å². The van der Waals surface area contributed by atoms with Crippen LogP contribution in [0.5, 0.6) is 0 Å². The fourth-order valence-electron chi connectivity index (χ4n) is 4.43. The molecule has 1 aliphatic rings. The molecule has 0 bridgehead atoms. The van der Waals surface area contributed by atoms with Crippen LogP contribution in [0.1, 0.15) is 43.0 Å². The summed E-state index contributed by atoms with van der Waals surface area (Å²) in [5, 5.41) is 1.84. The zero-order valence-corrected chi connectivity index (χ0v) is 20.6. The quantitative estimate of drug-likeness (QED) is 0.463. The molecule has 1 heterocycles. The first-order valence-corrected chi connectivity index (χ1v) is 13.6. The van der Waals surface area contributed by atoms with Gasteiger partial charge in [-0.3, -0.25) is 9.52 Å². The number of nitrogens with one attached hydrogen (secondary N) is 1. The Balaban J connectivity index is 1.44. The van der Waals surface area contributed by atoms with Gasteiger partial charge in [0.05, 0.1) is 4.90 Å². The number of amides is 1. The van der Waals surface area contributed by atoms with Crippen molar-refractivity contribution in [3.05, 3.63) is 72.3 Å². The fraction of sp³-hybridized carbons (Fsp3) is 0.370. The van der Waals surface area contributed by atoms with Gasteiger partial charge in [0.15, 0.2) is 0 Å². The molecular formula is C27H33N3O3S. The molecule has 1 N–H and O–H groups in total. The monoisotopic (exact) mass is 479 g/mol. The standard InChI is InChI=1S/C27H33N3O3S/c1-2-3-6-15-29-16-8-17-30(19-18-29)27(31)24-11-7-12-25(20-24)28-34(32,33)26-14-13-22-9-4-5-10-23(22)21-26/h4-5,7,9-14,20-21,28H,2-3,6,8,15-19H2,1H3. The molecule has 6 nitrogen and oxygen atoms in total. The van der Waals surface area contributed by atoms with Gasteiger partial charge < -0.3 is 9.80 Å². The molecule has 3 aromatic carbocycles. The van der Waals surface area contributed by atoms with Crippen molar-refractivity contribution < 1.29 is 13.2 Å². The van der Waals surface area contributed by atoms with Gasteiger partial charge in [-0.1, -0.05) is 56.2 Å². The summed E-state index contributed by atoms with van der Waals surface area (Å²) in [6, 6.07) is 19.5. The number of nitrogens with zero attached hydrogens (tertiary/aromatic N) is 2. The summed E-state index contributed by atoms with van der Waals surface area (Å²) >= 11 is 0. The maximum Gasteiger partial charge on any atom is 0.261 e. The van der Waals surface area contributed by atoms with Crippen molar-refractivity contribution in [3.63, 3.8) is 0 Å². The number of sulfonamides is 1. The van der Waals surface area contributed by atoms with Crippen LogP contribution in [0, 0.1) is 0 Å². The zero-order valence-electron chi connectivity index (χ0n) is 19.7. The van der Waals surface area contributed by atoms with Crippen molar-refractivity contribution in [2.24, 2.45) is 0 Å². The number of hydrogen-bond donors (Lipinski definition) is 1. The Bertz CT molecular complexity index is 1240. The highest BCUT2D eigenvalue weighted by molar-refractivity contribution is 7.92. The first kappa shape index (κ1) is 24.2. The van der Waals surface area contributed by atoms with Crippen molar-refractivity contribution in [2.45, 2.75) is 37.5 Å². The molecule has 1 aliphatic heterocycles. The predicted molar refractivity (Wildman–Crippen MR) is 138 cm³/mol. The molecule has 1 saturated heterocycles. The average Bonchev–Trinajstić information content (AvgIpc) is 3.09. The lowest BCUT2D eigenvalue weighted by Gasteiger charge is -2.22. The largest absolute Gasteiger partial charge is 0.337 e. The second-order valence-corrected chi connectivity index (χ2v) is 10.6. The molecule has 0 aliphatic carbocycles. The van der Waals surface area contributed by atoms with E-state index in [9.17, 15) is 13.2 Å². The Labute approximate surface area is 202 Å². The van der Waals surface area contributed by atoms with Crippen molar-refractivity contribution in [2.75, 3.05) is 37.4 Å². The van der Waals surface area contributed by atoms with Crippen molar-refractivity contribution in [1.29, 1.82) is 0 Å². The van der Waals surface area contributed by atoms with Gasteiger partial charge in [-0.05, 0) is 67.0 Å². The molecule has 3 aromatic rings. The minimum atomic E-state index is -3.78. The number of carbonyl (C=O) groups excluding carboxylic acids is 1. The summed E-state index contributed by atoms with van der Waals surface area (Å²) in [5.41, 5.74) is 0.883. The Morgan fingerprint density at radius 1 is 0.882 bits per heavy atom. The molecule has 0 unspecified atom stereocenters. The summed E-state index contributed by atoms with van der Waals surface area (Å²) < 4.78 is 28.7. The summed E-state index contributed by atoms with van der Waals surface area (Å²) in [5.74, 6) is -0.0536. The molecule has 1 amide bonds. The maximum atomic E-state index is 13.2. The van der Waals surface area contributed by atoms with Crippen LogP contribution in [-0.4, -0.2) is 56.8 Å². The number of carbonyl (C=O) groups is 1. The minimum Gasteiger partial charge on any atom is -0.337 e. The Kier molecular flexibility index (Phi) is 7.85. The first-order chi connectivity index (χ1) is 16.5. The Hall–Kier alpha value is -2.90. The molecule has 1 fully saturated rings. The van der Waals surface area contributed by atoms with E-state index in [4.69, 9.17) is 0 Å². The highest BCUT2D eigenvalue weighted by atomic mass is 32.2. The number of anilines is 1. The average molecular weight is 480 g/mol. The fourth-order valence-corrected chi connectivity index (χ4v) is 5.51. The van der Waals surface area contributed by atoms with Crippen molar-refractivity contribution >= 4 is 32.4 Å². The lowest BCUT2D eigenvalue weighted by Crippen LogP contribution is -2.35. The summed E-state index contributed by atoms with van der Waals surface area (Å²) in [6.07, 6.45) is 4.59. The summed E-state index contributed by atoms with van der Waals surface area (Å²) in [7, 11) is -3.78. The van der Waals surface area contributed by atoms with E-state index in [1.165, 1.54) is 19.3 Å². The van der Waals surface area contributed by atoms with Crippen LogP contribution < -0.4 is 4.72 Å². The van der Waals surface area contributed by atoms with E-state index in [0.29, 0.717) is 17.8 Å². The summed E-state index contributed by atoms with van der Waals surface area (Å²) in [4.78, 5) is 17.7. The minimum absolute atomic E-state index is 0.0536. The molecule has 180 valence electrons. The molecule has 0 atom stereocenters. The van der Waals surface area contributed by atoms with Crippen molar-refractivity contribution in [1.82, 2.24) is 9.80 Å². The maximum absolute atomic E-state index is 13.2. The topological polar surface area (TPSA) is 69.7 Å². The lowest BCUT2D eigenvalue weighted by molar-refractivity contribution is 0.0761. The summed E-state index contributed by atoms with van der Waals surface area (Å²) in [6.45, 7) is 6.59. The first-order valence-electron chi connectivity index (χ1n) is 12.1. The van der Waals surface area contributed by atoms with Crippen LogP contribution in [-0.2, 0) is 10.0 Å². The number of unbranched alkanes of at least 4 members (excludes halogenated alkanes) is 2. The van der Waals surface area contributed by atoms with Crippen LogP contribution in [0.2, 0.25) is 0 Å². The van der Waals surface area contributed by atoms with Crippen LogP contribution in [0.25, 0.3) is 10.8 Å². The van der Waals surface area contributed by atoms with Gasteiger partial charge in [-0.2, -0.15) is 0 Å². The third-order valence-electron chi connectivity index (χ3n) is 6.35. The van der Waals surface area contributed by atoms with Gasteiger partial charge in [0.1, 0.15) is 0 Å². The SMILES string of the molecule is CCCCCN1CCCN(C(=O)c2cccc(NS(=O)(=O)c3ccc4ccccc4c3)c2)CC1. The van der Waals surface area contributed by atoms with Crippen LogP contribution in [0.4, 0.5) is 5.69 Å². The van der Waals surface area contributed by atoms with Gasteiger partial charge in [0.2, 0.25) is 0 Å². The molecule has 0 saturated carbocycles. The number of hydrogen-bond acceptors (Lipinski definition) is 4. The van der Waals surface area contributed by atoms with Crippen LogP contribution in [0.3, 0.4) is 0 Å². The molecule has 0 radical (unpaired) electrons. The highest BCUT2D eigenvalue weighted by Crippen LogP contribution is 2.22.